The van der Waals surface area contributed by atoms with Crippen LogP contribution in [0.4, 0.5) is 4.39 Å². The average Bonchev–Trinajstić information content (AvgIpc) is 2.80. The zero-order valence-electron chi connectivity index (χ0n) is 19.3. The Morgan fingerprint density at radius 2 is 1.84 bits per heavy atom. The predicted octanol–water partition coefficient (Wildman–Crippen LogP) is 7.48. The maximum Gasteiger partial charge on any atom is 0.346 e. The van der Waals surface area contributed by atoms with Gasteiger partial charge in [0.15, 0.2) is 0 Å². The normalized spacial score (nSPS) is 19.2. The van der Waals surface area contributed by atoms with Crippen molar-refractivity contribution in [1.29, 1.82) is 5.26 Å². The lowest BCUT2D eigenvalue weighted by molar-refractivity contribution is 0.0730. The van der Waals surface area contributed by atoms with Crippen molar-refractivity contribution >= 4 is 5.97 Å². The van der Waals surface area contributed by atoms with E-state index in [0.717, 1.165) is 17.9 Å². The summed E-state index contributed by atoms with van der Waals surface area (Å²) in [6.45, 7) is 4.53. The molecule has 3 nitrogen and oxygen atoms in total. The quantitative estimate of drug-likeness (QED) is 0.233. The number of benzene rings is 2. The van der Waals surface area contributed by atoms with Crippen molar-refractivity contribution in [2.45, 2.75) is 71.6 Å². The van der Waals surface area contributed by atoms with Gasteiger partial charge in [0.05, 0.1) is 17.2 Å². The molecule has 2 aromatic carbocycles. The number of nitrogens with zero attached hydrogens (tertiary/aromatic N) is 1. The number of unbranched alkanes of at least 4 members (excludes halogenated alkanes) is 2. The maximum absolute atomic E-state index is 14.7. The molecule has 32 heavy (non-hydrogen) atoms. The summed E-state index contributed by atoms with van der Waals surface area (Å²) in [4.78, 5) is 12.4. The second-order valence-corrected chi connectivity index (χ2v) is 9.30. The van der Waals surface area contributed by atoms with Crippen LogP contribution < -0.4 is 4.74 Å². The number of hydrogen-bond donors (Lipinski definition) is 0. The highest BCUT2D eigenvalue weighted by Gasteiger charge is 2.25. The molecule has 0 saturated heterocycles. The Morgan fingerprint density at radius 3 is 2.47 bits per heavy atom. The van der Waals surface area contributed by atoms with E-state index >= 15 is 0 Å². The molecule has 0 bridgehead atoms. The number of rotatable bonds is 9. The minimum absolute atomic E-state index is 0.0710. The van der Waals surface area contributed by atoms with Crippen LogP contribution in [0.5, 0.6) is 5.75 Å². The molecule has 0 N–H and O–H groups in total. The Kier molecular flexibility index (Phi) is 8.85. The molecule has 1 unspecified atom stereocenters. The Labute approximate surface area is 191 Å². The zero-order valence-corrected chi connectivity index (χ0v) is 19.3. The summed E-state index contributed by atoms with van der Waals surface area (Å²) >= 11 is 0. The average molecular weight is 436 g/mol. The van der Waals surface area contributed by atoms with Crippen molar-refractivity contribution in [3.8, 4) is 11.8 Å². The molecule has 0 spiro atoms. The molecule has 4 heteroatoms. The van der Waals surface area contributed by atoms with Crippen LogP contribution in [0.15, 0.2) is 42.5 Å². The monoisotopic (exact) mass is 435 g/mol. The fourth-order valence-electron chi connectivity index (χ4n) is 4.88. The summed E-state index contributed by atoms with van der Waals surface area (Å²) in [6, 6.07) is 13.0. The van der Waals surface area contributed by atoms with E-state index in [2.05, 4.69) is 13.8 Å². The number of nitriles is 1. The van der Waals surface area contributed by atoms with E-state index < -0.39 is 11.8 Å². The summed E-state index contributed by atoms with van der Waals surface area (Å²) in [5.41, 5.74) is 1.33. The third-order valence-electron chi connectivity index (χ3n) is 6.92. The van der Waals surface area contributed by atoms with E-state index in [1.165, 1.54) is 75.6 Å². The number of carbonyl (C=O) groups is 1. The topological polar surface area (TPSA) is 50.1 Å². The summed E-state index contributed by atoms with van der Waals surface area (Å²) < 4.78 is 19.9. The van der Waals surface area contributed by atoms with Gasteiger partial charge in [0.2, 0.25) is 0 Å². The van der Waals surface area contributed by atoms with Gasteiger partial charge in [-0.3, -0.25) is 0 Å². The molecule has 0 heterocycles. The first-order chi connectivity index (χ1) is 15.5. The van der Waals surface area contributed by atoms with Crippen LogP contribution in [0, 0.1) is 34.9 Å². The molecule has 170 valence electrons. The standard InChI is InChI=1S/C28H34FNO2/c1-3-4-5-6-21-7-12-24(13-8-21)20(2)17-23-11-16-26(27(29)18-23)28(31)32-25-14-9-22(19-30)10-15-25/h9-11,14-16,18,20-21,24H,3-8,12-13,17H2,1-2H3. The van der Waals surface area contributed by atoms with Crippen LogP contribution in [0.2, 0.25) is 0 Å². The molecule has 0 aromatic heterocycles. The molecule has 0 aliphatic heterocycles. The molecule has 1 atom stereocenters. The minimum Gasteiger partial charge on any atom is -0.423 e. The molecule has 0 amide bonds. The number of carbonyl (C=O) groups excluding carboxylic acids is 1. The van der Waals surface area contributed by atoms with Crippen LogP contribution in [0.25, 0.3) is 0 Å². The number of ether oxygens (including phenoxy) is 1. The lowest BCUT2D eigenvalue weighted by Gasteiger charge is -2.32. The SMILES string of the molecule is CCCCCC1CCC(C(C)Cc2ccc(C(=O)Oc3ccc(C#N)cc3)c(F)c2)CC1. The Bertz CT molecular complexity index is 923. The van der Waals surface area contributed by atoms with Crippen molar-refractivity contribution < 1.29 is 13.9 Å². The third kappa shape index (κ3) is 6.66. The van der Waals surface area contributed by atoms with E-state index in [1.807, 2.05) is 12.1 Å². The van der Waals surface area contributed by atoms with Crippen molar-refractivity contribution in [3.63, 3.8) is 0 Å². The summed E-state index contributed by atoms with van der Waals surface area (Å²) in [5, 5.41) is 8.84. The van der Waals surface area contributed by atoms with E-state index in [9.17, 15) is 9.18 Å². The summed E-state index contributed by atoms with van der Waals surface area (Å²) in [5.74, 6) is 1.10. The third-order valence-corrected chi connectivity index (χ3v) is 6.92. The van der Waals surface area contributed by atoms with Gasteiger partial charge in [0.25, 0.3) is 0 Å². The van der Waals surface area contributed by atoms with Gasteiger partial charge in [0.1, 0.15) is 11.6 Å². The van der Waals surface area contributed by atoms with Crippen LogP contribution in [-0.2, 0) is 6.42 Å². The molecular weight excluding hydrogens is 401 g/mol. The fourth-order valence-corrected chi connectivity index (χ4v) is 4.88. The highest BCUT2D eigenvalue weighted by atomic mass is 19.1. The van der Waals surface area contributed by atoms with E-state index in [-0.39, 0.29) is 11.3 Å². The molecule has 0 radical (unpaired) electrons. The predicted molar refractivity (Wildman–Crippen MR) is 125 cm³/mol. The second-order valence-electron chi connectivity index (χ2n) is 9.30. The van der Waals surface area contributed by atoms with Crippen molar-refractivity contribution in [3.05, 3.63) is 65.0 Å². The molecule has 1 aliphatic rings. The Balaban J connectivity index is 1.52. The van der Waals surface area contributed by atoms with Gasteiger partial charge in [0, 0.05) is 0 Å². The molecule has 1 fully saturated rings. The highest BCUT2D eigenvalue weighted by molar-refractivity contribution is 5.91. The van der Waals surface area contributed by atoms with Crippen molar-refractivity contribution in [2.75, 3.05) is 0 Å². The maximum atomic E-state index is 14.7. The molecular formula is C28H34FNO2. The highest BCUT2D eigenvalue weighted by Crippen LogP contribution is 2.37. The van der Waals surface area contributed by atoms with Gasteiger partial charge in [-0.25, -0.2) is 9.18 Å². The Morgan fingerprint density at radius 1 is 1.12 bits per heavy atom. The molecule has 2 aromatic rings. The molecule has 1 saturated carbocycles. The van der Waals surface area contributed by atoms with Crippen molar-refractivity contribution in [1.82, 2.24) is 0 Å². The molecule has 3 rings (SSSR count). The first-order valence-corrected chi connectivity index (χ1v) is 12.0. The van der Waals surface area contributed by atoms with E-state index in [0.29, 0.717) is 17.4 Å². The zero-order chi connectivity index (χ0) is 22.9. The van der Waals surface area contributed by atoms with Crippen LogP contribution in [0.1, 0.15) is 86.7 Å². The van der Waals surface area contributed by atoms with Crippen LogP contribution in [-0.4, -0.2) is 5.97 Å². The van der Waals surface area contributed by atoms with Crippen LogP contribution in [0.3, 0.4) is 0 Å². The van der Waals surface area contributed by atoms with Gasteiger partial charge in [-0.1, -0.05) is 58.4 Å². The van der Waals surface area contributed by atoms with Gasteiger partial charge in [-0.05, 0) is 79.0 Å². The summed E-state index contributed by atoms with van der Waals surface area (Å²) in [6.07, 6.45) is 11.4. The van der Waals surface area contributed by atoms with E-state index in [1.54, 1.807) is 12.1 Å². The van der Waals surface area contributed by atoms with Crippen molar-refractivity contribution in [2.24, 2.45) is 17.8 Å². The van der Waals surface area contributed by atoms with Crippen LogP contribution >= 0.6 is 0 Å². The number of esters is 1. The first kappa shape index (κ1) is 24.0. The smallest absolute Gasteiger partial charge is 0.346 e. The van der Waals surface area contributed by atoms with Gasteiger partial charge < -0.3 is 4.74 Å². The van der Waals surface area contributed by atoms with Gasteiger partial charge in [-0.15, -0.1) is 0 Å². The number of halogens is 1. The lowest BCUT2D eigenvalue weighted by atomic mass is 9.73. The van der Waals surface area contributed by atoms with Gasteiger partial charge >= 0.3 is 5.97 Å². The minimum atomic E-state index is -0.729. The molecule has 1 aliphatic carbocycles. The van der Waals surface area contributed by atoms with E-state index in [4.69, 9.17) is 10.00 Å². The number of hydrogen-bond acceptors (Lipinski definition) is 3. The van der Waals surface area contributed by atoms with Gasteiger partial charge in [-0.2, -0.15) is 5.26 Å². The Hall–Kier alpha value is -2.67. The first-order valence-electron chi connectivity index (χ1n) is 12.0. The fraction of sp³-hybridized carbons (Fsp3) is 0.500. The largest absolute Gasteiger partial charge is 0.423 e. The second kappa shape index (κ2) is 11.8. The lowest BCUT2D eigenvalue weighted by Crippen LogP contribution is -2.21. The summed E-state index contributed by atoms with van der Waals surface area (Å²) in [7, 11) is 0.